The van der Waals surface area contributed by atoms with Crippen LogP contribution >= 0.6 is 15.9 Å². The minimum atomic E-state index is -0.773. The fraction of sp³-hybridized carbons (Fsp3) is 0.211. The van der Waals surface area contributed by atoms with Gasteiger partial charge in [0.1, 0.15) is 11.3 Å². The number of amides is 4. The maximum Gasteiger partial charge on any atom is 0.335 e. The Morgan fingerprint density at radius 3 is 2.52 bits per heavy atom. The van der Waals surface area contributed by atoms with Crippen molar-refractivity contribution in [1.29, 1.82) is 0 Å². The number of rotatable bonds is 3. The van der Waals surface area contributed by atoms with E-state index in [1.54, 1.807) is 37.2 Å². The predicted octanol–water partition coefficient (Wildman–Crippen LogP) is 3.39. The van der Waals surface area contributed by atoms with Crippen LogP contribution in [0.4, 0.5) is 16.4 Å². The van der Waals surface area contributed by atoms with E-state index < -0.39 is 17.8 Å². The molecule has 4 amide bonds. The monoisotopic (exact) mass is 431 g/mol. The third kappa shape index (κ3) is 3.40. The minimum absolute atomic E-state index is 0.179. The van der Waals surface area contributed by atoms with Crippen LogP contribution in [0.15, 0.2) is 38.7 Å². The molecule has 1 N–H and O–H groups in total. The summed E-state index contributed by atoms with van der Waals surface area (Å²) in [6.07, 6.45) is 1.33. The molecule has 0 radical (unpaired) electrons. The Bertz CT molecular complexity index is 991. The summed E-state index contributed by atoms with van der Waals surface area (Å²) in [6.45, 7) is 3.70. The molecule has 0 aliphatic carbocycles. The fourth-order valence-electron chi connectivity index (χ4n) is 2.75. The van der Waals surface area contributed by atoms with Gasteiger partial charge >= 0.3 is 6.03 Å². The van der Waals surface area contributed by atoms with E-state index in [2.05, 4.69) is 21.2 Å². The largest absolute Gasteiger partial charge is 0.440 e. The second-order valence-corrected chi connectivity index (χ2v) is 7.23. The number of imide groups is 2. The highest BCUT2D eigenvalue weighted by atomic mass is 79.9. The van der Waals surface area contributed by atoms with Crippen molar-refractivity contribution >= 4 is 51.4 Å². The van der Waals surface area contributed by atoms with Crippen LogP contribution in [-0.2, 0) is 9.59 Å². The first-order valence-corrected chi connectivity index (χ1v) is 8.94. The average molecular weight is 432 g/mol. The smallest absolute Gasteiger partial charge is 0.335 e. The van der Waals surface area contributed by atoms with E-state index in [1.165, 1.54) is 6.08 Å². The number of halogens is 1. The highest BCUT2D eigenvalue weighted by Crippen LogP contribution is 2.31. The van der Waals surface area contributed by atoms with Gasteiger partial charge in [0.2, 0.25) is 5.88 Å². The van der Waals surface area contributed by atoms with Crippen LogP contribution in [0.2, 0.25) is 0 Å². The standard InChI is InChI=1S/C19H18BrN3O4/c1-10-6-5-7-15(11(10)2)23-17(25)13(16(24)21-19(23)26)8-12-9-14(20)18(27-12)22(3)4/h5-9H,1-4H3,(H,21,24,26)/b13-8+. The molecule has 0 atom stereocenters. The highest BCUT2D eigenvalue weighted by Gasteiger charge is 2.37. The molecule has 1 aromatic heterocycles. The molecule has 1 aromatic carbocycles. The number of hydrogen-bond acceptors (Lipinski definition) is 5. The van der Waals surface area contributed by atoms with Crippen molar-refractivity contribution in [2.24, 2.45) is 0 Å². The molecule has 0 bridgehead atoms. The fourth-order valence-corrected chi connectivity index (χ4v) is 3.41. The van der Waals surface area contributed by atoms with Crippen molar-refractivity contribution in [2.45, 2.75) is 13.8 Å². The van der Waals surface area contributed by atoms with Gasteiger partial charge in [-0.15, -0.1) is 0 Å². The summed E-state index contributed by atoms with van der Waals surface area (Å²) in [5, 5.41) is 2.21. The van der Waals surface area contributed by atoms with Gasteiger partial charge in [-0.2, -0.15) is 0 Å². The summed E-state index contributed by atoms with van der Waals surface area (Å²) >= 11 is 3.37. The van der Waals surface area contributed by atoms with Crippen LogP contribution in [0.3, 0.4) is 0 Å². The Morgan fingerprint density at radius 1 is 1.19 bits per heavy atom. The van der Waals surface area contributed by atoms with Crippen molar-refractivity contribution in [3.05, 3.63) is 51.2 Å². The summed E-state index contributed by atoms with van der Waals surface area (Å²) in [5.41, 5.74) is 1.97. The van der Waals surface area contributed by atoms with Crippen molar-refractivity contribution < 1.29 is 18.8 Å². The van der Waals surface area contributed by atoms with E-state index in [0.29, 0.717) is 21.8 Å². The zero-order valence-electron chi connectivity index (χ0n) is 15.3. The Hall–Kier alpha value is -2.87. The van der Waals surface area contributed by atoms with Gasteiger partial charge in [-0.25, -0.2) is 9.69 Å². The Labute approximate surface area is 164 Å². The maximum absolute atomic E-state index is 13.0. The van der Waals surface area contributed by atoms with Crippen LogP contribution in [0.5, 0.6) is 0 Å². The molecule has 1 aliphatic heterocycles. The van der Waals surface area contributed by atoms with E-state index in [4.69, 9.17) is 4.42 Å². The van der Waals surface area contributed by atoms with Crippen LogP contribution < -0.4 is 15.1 Å². The van der Waals surface area contributed by atoms with Gasteiger partial charge in [-0.3, -0.25) is 14.9 Å². The number of benzene rings is 1. The average Bonchev–Trinajstić information content (AvgIpc) is 2.96. The maximum atomic E-state index is 13.0. The normalized spacial score (nSPS) is 16.1. The minimum Gasteiger partial charge on any atom is -0.440 e. The Kier molecular flexibility index (Phi) is 4.93. The predicted molar refractivity (Wildman–Crippen MR) is 106 cm³/mol. The van der Waals surface area contributed by atoms with E-state index in [9.17, 15) is 14.4 Å². The number of aryl methyl sites for hydroxylation is 1. The lowest BCUT2D eigenvalue weighted by Crippen LogP contribution is -2.54. The van der Waals surface area contributed by atoms with Gasteiger partial charge in [0.05, 0.1) is 10.2 Å². The Morgan fingerprint density at radius 2 is 1.89 bits per heavy atom. The third-order valence-electron chi connectivity index (χ3n) is 4.30. The molecule has 1 fully saturated rings. The first-order chi connectivity index (χ1) is 12.7. The number of hydrogen-bond donors (Lipinski definition) is 1. The van der Waals surface area contributed by atoms with Gasteiger partial charge in [0.25, 0.3) is 11.8 Å². The summed E-state index contributed by atoms with van der Waals surface area (Å²) < 4.78 is 6.34. The number of anilines is 2. The van der Waals surface area contributed by atoms with Gasteiger partial charge in [0, 0.05) is 20.2 Å². The van der Waals surface area contributed by atoms with Crippen molar-refractivity contribution in [1.82, 2.24) is 5.32 Å². The molecule has 0 spiro atoms. The molecule has 7 nitrogen and oxygen atoms in total. The summed E-state index contributed by atoms with van der Waals surface area (Å²) in [4.78, 5) is 40.3. The number of urea groups is 1. The Balaban J connectivity index is 2.05. The molecule has 8 heteroatoms. The lowest BCUT2D eigenvalue weighted by molar-refractivity contribution is -0.122. The van der Waals surface area contributed by atoms with Crippen LogP contribution in [0.1, 0.15) is 16.9 Å². The number of nitrogens with one attached hydrogen (secondary N) is 1. The van der Waals surface area contributed by atoms with Gasteiger partial charge in [-0.1, -0.05) is 12.1 Å². The van der Waals surface area contributed by atoms with Gasteiger partial charge < -0.3 is 9.32 Å². The first kappa shape index (κ1) is 18.9. The molecule has 27 heavy (non-hydrogen) atoms. The zero-order valence-corrected chi connectivity index (χ0v) is 16.9. The second-order valence-electron chi connectivity index (χ2n) is 6.37. The molecule has 3 rings (SSSR count). The highest BCUT2D eigenvalue weighted by molar-refractivity contribution is 9.10. The molecule has 0 unspecified atom stereocenters. The lowest BCUT2D eigenvalue weighted by atomic mass is 10.0. The lowest BCUT2D eigenvalue weighted by Gasteiger charge is -2.27. The van der Waals surface area contributed by atoms with Crippen molar-refractivity contribution in [3.8, 4) is 0 Å². The van der Waals surface area contributed by atoms with Crippen molar-refractivity contribution in [3.63, 3.8) is 0 Å². The molecule has 2 heterocycles. The van der Waals surface area contributed by atoms with Crippen LogP contribution in [0.25, 0.3) is 6.08 Å². The molecule has 140 valence electrons. The number of barbiturate groups is 1. The molecule has 1 saturated heterocycles. The van der Waals surface area contributed by atoms with Crippen molar-refractivity contribution in [2.75, 3.05) is 23.9 Å². The van der Waals surface area contributed by atoms with E-state index >= 15 is 0 Å². The zero-order chi connectivity index (χ0) is 19.9. The van der Waals surface area contributed by atoms with Crippen LogP contribution in [0, 0.1) is 13.8 Å². The van der Waals surface area contributed by atoms with E-state index in [1.807, 2.05) is 19.9 Å². The number of carbonyl (C=O) groups is 3. The van der Waals surface area contributed by atoms with Gasteiger partial charge in [-0.05, 0) is 53.0 Å². The topological polar surface area (TPSA) is 82.9 Å². The number of furan rings is 1. The molecule has 1 aliphatic rings. The molecular formula is C19H18BrN3O4. The van der Waals surface area contributed by atoms with Crippen LogP contribution in [-0.4, -0.2) is 31.9 Å². The van der Waals surface area contributed by atoms with Gasteiger partial charge in [0.15, 0.2) is 0 Å². The summed E-state index contributed by atoms with van der Waals surface area (Å²) in [6, 6.07) is 6.19. The third-order valence-corrected chi connectivity index (χ3v) is 4.87. The quantitative estimate of drug-likeness (QED) is 0.594. The molecular weight excluding hydrogens is 414 g/mol. The summed E-state index contributed by atoms with van der Waals surface area (Å²) in [5.74, 6) is -0.589. The first-order valence-electron chi connectivity index (χ1n) is 8.15. The second kappa shape index (κ2) is 7.03. The van der Waals surface area contributed by atoms with E-state index in [0.717, 1.165) is 16.0 Å². The SMILES string of the molecule is Cc1cccc(N2C(=O)NC(=O)/C(=C\c3cc(Br)c(N(C)C)o3)C2=O)c1C. The summed E-state index contributed by atoms with van der Waals surface area (Å²) in [7, 11) is 3.61. The molecule has 0 saturated carbocycles. The number of nitrogens with zero attached hydrogens (tertiary/aromatic N) is 2. The number of carbonyl (C=O) groups excluding carboxylic acids is 3. The molecule has 2 aromatic rings. The van der Waals surface area contributed by atoms with E-state index in [-0.39, 0.29) is 5.57 Å².